The van der Waals surface area contributed by atoms with E-state index in [0.29, 0.717) is 17.0 Å². The molecule has 0 bridgehead atoms. The van der Waals surface area contributed by atoms with Crippen molar-refractivity contribution in [3.8, 4) is 5.75 Å². The molecule has 7 nitrogen and oxygen atoms in total. The summed E-state index contributed by atoms with van der Waals surface area (Å²) in [6.45, 7) is 1.41. The zero-order chi connectivity index (χ0) is 16.4. The molecule has 0 spiro atoms. The number of benzene rings is 1. The number of hydrogen-bond acceptors (Lipinski definition) is 6. The Balaban J connectivity index is 2.01. The highest BCUT2D eigenvalue weighted by Crippen LogP contribution is 2.32. The number of rotatable bonds is 3. The van der Waals surface area contributed by atoms with Crippen molar-refractivity contribution in [1.29, 1.82) is 0 Å². The summed E-state index contributed by atoms with van der Waals surface area (Å²) >= 11 is 3.41. The van der Waals surface area contributed by atoms with E-state index in [2.05, 4.69) is 31.0 Å². The van der Waals surface area contributed by atoms with Gasteiger partial charge in [0.2, 0.25) is 18.0 Å². The molecule has 118 valence electrons. The van der Waals surface area contributed by atoms with Crippen LogP contribution in [0.25, 0.3) is 0 Å². The molecule has 8 heteroatoms. The standard InChI is InChI=1S/C15H13BrN4O3/c1-9(21)20-15(12-8-17-5-6-18-12)23-14(19-20)11-7-10(16)3-4-13(11)22-2/h3-8,15H,1-2H3/t15-/m0/s1. The fourth-order valence-corrected chi connectivity index (χ4v) is 2.51. The normalized spacial score (nSPS) is 16.7. The van der Waals surface area contributed by atoms with Gasteiger partial charge in [-0.05, 0) is 18.2 Å². The lowest BCUT2D eigenvalue weighted by molar-refractivity contribution is -0.135. The highest BCUT2D eigenvalue weighted by Gasteiger charge is 2.35. The van der Waals surface area contributed by atoms with Gasteiger partial charge in [-0.1, -0.05) is 15.9 Å². The lowest BCUT2D eigenvalue weighted by Gasteiger charge is -2.17. The van der Waals surface area contributed by atoms with Crippen molar-refractivity contribution in [2.75, 3.05) is 7.11 Å². The van der Waals surface area contributed by atoms with E-state index in [1.54, 1.807) is 19.4 Å². The zero-order valence-electron chi connectivity index (χ0n) is 12.4. The van der Waals surface area contributed by atoms with Crippen molar-refractivity contribution in [2.45, 2.75) is 13.2 Å². The van der Waals surface area contributed by atoms with E-state index in [-0.39, 0.29) is 11.8 Å². The van der Waals surface area contributed by atoms with E-state index < -0.39 is 6.23 Å². The van der Waals surface area contributed by atoms with Crippen LogP contribution in [0.2, 0.25) is 0 Å². The van der Waals surface area contributed by atoms with Crippen molar-refractivity contribution in [3.63, 3.8) is 0 Å². The van der Waals surface area contributed by atoms with Gasteiger partial charge in [0.1, 0.15) is 11.4 Å². The maximum Gasteiger partial charge on any atom is 0.244 e. The van der Waals surface area contributed by atoms with E-state index in [1.165, 1.54) is 24.3 Å². The highest BCUT2D eigenvalue weighted by molar-refractivity contribution is 9.10. The van der Waals surface area contributed by atoms with Crippen LogP contribution in [0.1, 0.15) is 24.4 Å². The summed E-state index contributed by atoms with van der Waals surface area (Å²) in [5.74, 6) is 0.619. The number of halogens is 1. The second kappa shape index (κ2) is 6.33. The van der Waals surface area contributed by atoms with E-state index in [9.17, 15) is 4.79 Å². The molecule has 3 rings (SSSR count). The van der Waals surface area contributed by atoms with Crippen molar-refractivity contribution in [1.82, 2.24) is 15.0 Å². The maximum atomic E-state index is 11.9. The Bertz CT molecular complexity index is 767. The number of carbonyl (C=O) groups is 1. The van der Waals surface area contributed by atoms with Crippen molar-refractivity contribution in [3.05, 3.63) is 52.5 Å². The van der Waals surface area contributed by atoms with E-state index in [1.807, 2.05) is 12.1 Å². The van der Waals surface area contributed by atoms with Crippen LogP contribution in [0.5, 0.6) is 5.75 Å². The smallest absolute Gasteiger partial charge is 0.244 e. The number of aromatic nitrogens is 2. The maximum absolute atomic E-state index is 11.9. The Morgan fingerprint density at radius 3 is 2.87 bits per heavy atom. The lowest BCUT2D eigenvalue weighted by atomic mass is 10.2. The van der Waals surface area contributed by atoms with Crippen LogP contribution in [0.3, 0.4) is 0 Å². The van der Waals surface area contributed by atoms with E-state index in [4.69, 9.17) is 9.47 Å². The van der Waals surface area contributed by atoms with Crippen LogP contribution in [-0.2, 0) is 9.53 Å². The average molecular weight is 377 g/mol. The molecule has 0 unspecified atom stereocenters. The van der Waals surface area contributed by atoms with Gasteiger partial charge < -0.3 is 9.47 Å². The molecular weight excluding hydrogens is 364 g/mol. The number of hydrogen-bond donors (Lipinski definition) is 0. The second-order valence-electron chi connectivity index (χ2n) is 4.71. The van der Waals surface area contributed by atoms with Gasteiger partial charge in [-0.3, -0.25) is 14.8 Å². The van der Waals surface area contributed by atoms with Crippen LogP contribution in [0.15, 0.2) is 46.4 Å². The Labute approximate surface area is 141 Å². The number of nitrogens with zero attached hydrogens (tertiary/aromatic N) is 4. The first-order valence-electron chi connectivity index (χ1n) is 6.75. The van der Waals surface area contributed by atoms with Gasteiger partial charge in [0.05, 0.1) is 18.9 Å². The first-order valence-corrected chi connectivity index (χ1v) is 7.54. The number of carbonyl (C=O) groups excluding carboxylic acids is 1. The van der Waals surface area contributed by atoms with E-state index >= 15 is 0 Å². The molecule has 0 radical (unpaired) electrons. The summed E-state index contributed by atoms with van der Waals surface area (Å²) in [5.41, 5.74) is 1.13. The SMILES string of the molecule is COc1ccc(Br)cc1C1=NN(C(C)=O)[C@H](c2cnccn2)O1. The quantitative estimate of drug-likeness (QED) is 0.822. The predicted octanol–water partition coefficient (Wildman–Crippen LogP) is 2.49. The molecule has 1 amide bonds. The molecule has 1 aromatic carbocycles. The van der Waals surface area contributed by atoms with Crippen LogP contribution in [-0.4, -0.2) is 33.9 Å². The highest BCUT2D eigenvalue weighted by atomic mass is 79.9. The van der Waals surface area contributed by atoms with Crippen LogP contribution < -0.4 is 4.74 Å². The molecule has 1 aliphatic rings. The third kappa shape index (κ3) is 3.02. The summed E-state index contributed by atoms with van der Waals surface area (Å²) in [4.78, 5) is 20.1. The third-order valence-corrected chi connectivity index (χ3v) is 3.69. The van der Waals surface area contributed by atoms with Gasteiger partial charge in [-0.15, -0.1) is 5.10 Å². The Morgan fingerprint density at radius 2 is 2.22 bits per heavy atom. The first-order chi connectivity index (χ1) is 11.1. The van der Waals surface area contributed by atoms with Gasteiger partial charge >= 0.3 is 0 Å². The molecule has 0 N–H and O–H groups in total. The summed E-state index contributed by atoms with van der Waals surface area (Å²) in [7, 11) is 1.56. The zero-order valence-corrected chi connectivity index (χ0v) is 14.0. The van der Waals surface area contributed by atoms with Crippen LogP contribution in [0, 0.1) is 0 Å². The molecular formula is C15H13BrN4O3. The molecule has 0 aliphatic carbocycles. The van der Waals surface area contributed by atoms with Crippen LogP contribution in [0.4, 0.5) is 0 Å². The minimum atomic E-state index is -0.750. The lowest BCUT2D eigenvalue weighted by Crippen LogP contribution is -2.26. The molecule has 1 aromatic heterocycles. The van der Waals surface area contributed by atoms with Crippen molar-refractivity contribution < 1.29 is 14.3 Å². The topological polar surface area (TPSA) is 76.9 Å². The van der Waals surface area contributed by atoms with Gasteiger partial charge in [0.25, 0.3) is 0 Å². The Morgan fingerprint density at radius 1 is 1.39 bits per heavy atom. The largest absolute Gasteiger partial charge is 0.496 e. The summed E-state index contributed by atoms with van der Waals surface area (Å²) in [6, 6.07) is 5.45. The molecule has 23 heavy (non-hydrogen) atoms. The number of hydrazone groups is 1. The fraction of sp³-hybridized carbons (Fsp3) is 0.200. The number of methoxy groups -OCH3 is 1. The van der Waals surface area contributed by atoms with E-state index in [0.717, 1.165) is 4.47 Å². The van der Waals surface area contributed by atoms with Gasteiger partial charge in [-0.2, -0.15) is 5.01 Å². The van der Waals surface area contributed by atoms with Crippen molar-refractivity contribution >= 4 is 27.7 Å². The minimum Gasteiger partial charge on any atom is -0.496 e. The molecule has 2 heterocycles. The summed E-state index contributed by atoms with van der Waals surface area (Å²) in [5, 5.41) is 5.51. The average Bonchev–Trinajstić information content (AvgIpc) is 3.01. The number of amides is 1. The Hall–Kier alpha value is -2.48. The third-order valence-electron chi connectivity index (χ3n) is 3.19. The molecule has 2 aromatic rings. The molecule has 0 saturated carbocycles. The van der Waals surface area contributed by atoms with Crippen molar-refractivity contribution in [2.24, 2.45) is 5.10 Å². The minimum absolute atomic E-state index is 0.260. The monoisotopic (exact) mass is 376 g/mol. The second-order valence-corrected chi connectivity index (χ2v) is 5.63. The molecule has 0 fully saturated rings. The Kier molecular flexibility index (Phi) is 4.24. The van der Waals surface area contributed by atoms with Crippen LogP contribution >= 0.6 is 15.9 Å². The predicted molar refractivity (Wildman–Crippen MR) is 85.6 cm³/mol. The molecule has 1 atom stereocenters. The first kappa shape index (κ1) is 15.4. The number of ether oxygens (including phenoxy) is 2. The fourth-order valence-electron chi connectivity index (χ4n) is 2.15. The van der Waals surface area contributed by atoms with Gasteiger partial charge in [0.15, 0.2) is 0 Å². The molecule has 1 aliphatic heterocycles. The van der Waals surface area contributed by atoms with Gasteiger partial charge in [0, 0.05) is 23.8 Å². The summed E-state index contributed by atoms with van der Waals surface area (Å²) in [6.07, 6.45) is 3.88. The summed E-state index contributed by atoms with van der Waals surface area (Å²) < 4.78 is 12.0. The molecule has 0 saturated heterocycles. The van der Waals surface area contributed by atoms with Gasteiger partial charge in [-0.25, -0.2) is 0 Å².